The molecule has 1 unspecified atom stereocenters. The maximum absolute atomic E-state index is 14.4. The second-order valence-corrected chi connectivity index (χ2v) is 28.5. The maximum Gasteiger partial charge on any atom is 0.317 e. The van der Waals surface area contributed by atoms with Crippen LogP contribution in [0.15, 0.2) is 97.6 Å². The number of aromatic nitrogens is 3. The number of nitrogens with zero attached hydrogens (tertiary/aromatic N) is 5. The van der Waals surface area contributed by atoms with Crippen LogP contribution in [0.1, 0.15) is 90.6 Å². The molecule has 34 nitrogen and oxygen atoms in total. The third-order valence-corrected chi connectivity index (χ3v) is 17.9. The molecule has 0 spiro atoms. The summed E-state index contributed by atoms with van der Waals surface area (Å²) in [5, 5.41) is 56.6. The molecule has 594 valence electrons. The van der Waals surface area contributed by atoms with Crippen molar-refractivity contribution in [2.45, 2.75) is 136 Å². The van der Waals surface area contributed by atoms with E-state index in [4.69, 9.17) is 4.74 Å². The number of aliphatic carboxylic acids is 3. The van der Waals surface area contributed by atoms with Gasteiger partial charge in [-0.15, -0.1) is 0 Å². The number of imidazole rings is 1. The fourth-order valence-corrected chi connectivity index (χ4v) is 12.3. The number of H-pyrrole nitrogens is 2. The Labute approximate surface area is 633 Å². The summed E-state index contributed by atoms with van der Waals surface area (Å²) in [6.45, 7) is 13.6. The van der Waals surface area contributed by atoms with Gasteiger partial charge in [-0.25, -0.2) is 4.98 Å². The first-order valence-corrected chi connectivity index (χ1v) is 36.6. The summed E-state index contributed by atoms with van der Waals surface area (Å²) in [5.41, 5.74) is 3.63. The second-order valence-electron chi connectivity index (χ2n) is 28.5. The lowest BCUT2D eigenvalue weighted by Crippen LogP contribution is -2.59. The van der Waals surface area contributed by atoms with E-state index in [1.807, 2.05) is 18.2 Å². The van der Waals surface area contributed by atoms with E-state index in [-0.39, 0.29) is 116 Å². The van der Waals surface area contributed by atoms with Gasteiger partial charge in [0.05, 0.1) is 39.1 Å². The Kier molecular flexibility index (Phi) is 35.7. The number of hydrogen-bond donors (Lipinski definition) is 15. The zero-order valence-electron chi connectivity index (χ0n) is 63.2. The van der Waals surface area contributed by atoms with Crippen molar-refractivity contribution in [3.8, 4) is 0 Å². The summed E-state index contributed by atoms with van der Waals surface area (Å²) in [6, 6.07) is 14.9. The van der Waals surface area contributed by atoms with Gasteiger partial charge in [-0.2, -0.15) is 0 Å². The molecule has 10 amide bonds. The summed E-state index contributed by atoms with van der Waals surface area (Å²) in [4.78, 5) is 189. The minimum Gasteiger partial charge on any atom is -0.480 e. The first kappa shape index (κ1) is 87.2. The highest BCUT2D eigenvalue weighted by Gasteiger charge is 2.34. The summed E-state index contributed by atoms with van der Waals surface area (Å²) < 4.78 is 5.46. The molecule has 3 heterocycles. The highest BCUT2D eigenvalue weighted by atomic mass is 16.5. The van der Waals surface area contributed by atoms with Crippen LogP contribution in [0.5, 0.6) is 0 Å². The minimum atomic E-state index is -1.36. The number of para-hydroxylation sites is 1. The fraction of sp³-hybridized carbons (Fsp3) is 0.520. The predicted molar refractivity (Wildman–Crippen MR) is 402 cm³/mol. The highest BCUT2D eigenvalue weighted by molar-refractivity contribution is 5.98. The quantitative estimate of drug-likeness (QED) is 0.0244. The van der Waals surface area contributed by atoms with Gasteiger partial charge in [0.1, 0.15) is 49.5 Å². The number of amides is 10. The first-order chi connectivity index (χ1) is 51.9. The van der Waals surface area contributed by atoms with Gasteiger partial charge in [-0.3, -0.25) is 81.9 Å². The second kappa shape index (κ2) is 44.6. The largest absolute Gasteiger partial charge is 0.480 e. The van der Waals surface area contributed by atoms with E-state index in [2.05, 4.69) is 95.8 Å². The van der Waals surface area contributed by atoms with E-state index in [0.717, 1.165) is 23.7 Å². The van der Waals surface area contributed by atoms with Crippen molar-refractivity contribution in [1.82, 2.24) is 82.4 Å². The minimum absolute atomic E-state index is 0.0413. The van der Waals surface area contributed by atoms with Gasteiger partial charge in [-0.05, 0) is 79.3 Å². The highest BCUT2D eigenvalue weighted by Crippen LogP contribution is 2.21. The zero-order valence-corrected chi connectivity index (χ0v) is 63.2. The molecule has 1 aliphatic rings. The molecular formula is C75H107N17O17. The normalized spacial score (nSPS) is 15.2. The van der Waals surface area contributed by atoms with Gasteiger partial charge < -0.3 is 83.2 Å². The van der Waals surface area contributed by atoms with Crippen molar-refractivity contribution in [3.63, 3.8) is 0 Å². The maximum atomic E-state index is 14.4. The number of fused-ring (bicyclic) bond motifs is 1. The van der Waals surface area contributed by atoms with Crippen molar-refractivity contribution in [2.75, 3.05) is 104 Å². The van der Waals surface area contributed by atoms with E-state index in [9.17, 15) is 77.6 Å². The van der Waals surface area contributed by atoms with Gasteiger partial charge in [0.15, 0.2) is 0 Å². The lowest BCUT2D eigenvalue weighted by Gasteiger charge is -2.32. The lowest BCUT2D eigenvalue weighted by molar-refractivity contribution is -0.140. The van der Waals surface area contributed by atoms with Crippen molar-refractivity contribution >= 4 is 93.6 Å². The number of aromatic amines is 2. The van der Waals surface area contributed by atoms with Crippen LogP contribution in [-0.4, -0.2) is 267 Å². The summed E-state index contributed by atoms with van der Waals surface area (Å²) >= 11 is 0. The number of carboxylic acid groups (broad SMARTS) is 3. The Morgan fingerprint density at radius 1 is 0.468 bits per heavy atom. The van der Waals surface area contributed by atoms with Crippen LogP contribution >= 0.6 is 0 Å². The molecule has 34 heteroatoms. The van der Waals surface area contributed by atoms with E-state index < -0.39 is 133 Å². The van der Waals surface area contributed by atoms with Crippen LogP contribution < -0.4 is 53.2 Å². The van der Waals surface area contributed by atoms with Crippen molar-refractivity contribution < 1.29 is 82.4 Å². The van der Waals surface area contributed by atoms with Crippen molar-refractivity contribution in [2.24, 2.45) is 17.8 Å². The van der Waals surface area contributed by atoms with Crippen LogP contribution in [0, 0.1) is 17.8 Å². The van der Waals surface area contributed by atoms with Crippen LogP contribution in [0.2, 0.25) is 0 Å². The standard InChI is InChI=1S/C75H107N17O17/c1-46(2)30-55(31-47(3)4)84-74(107)61(34-56-37-76-45-80-56)85-62(93)38-79-75(108)69(48(5)6)88-71(104)50(8)82-73(106)60(33-53-36-77-58-17-13-12-16-57(53)58)87-70(103)49(7)81-72(105)59(32-51-14-10-9-11-15-51)86-65(96)44-109-43-64(95)83-54-20-18-52(19-21-54)35-78-63(94)39-89-22-24-90(40-66(97)98)26-28-92(42-68(101)102)29-27-91(25-23-89)41-67(99)100/h9-21,36-37,45-50,55,59-61,69,77H,22-35,38-44H2,1-8H3,(H,76,80)(H,78,94)(H,79,108)(H,81,105)(H,82,106)(H,83,95)(H,84,107)(H,85,93)(H,86,96)(H,87,103)(H,88,104)(H,97,98)(H,99,100)(H,101,102)/t49-,50-,59+,60?,61-,69-/m0/s1. The molecule has 1 fully saturated rings. The number of ether oxygens (including phenoxy) is 1. The van der Waals surface area contributed by atoms with Crippen LogP contribution in [0.4, 0.5) is 5.69 Å². The number of hydrogen-bond acceptors (Lipinski definition) is 19. The predicted octanol–water partition coefficient (Wildman–Crippen LogP) is -0.0364. The first-order valence-electron chi connectivity index (χ1n) is 36.6. The van der Waals surface area contributed by atoms with Crippen LogP contribution in [0.25, 0.3) is 10.9 Å². The third-order valence-electron chi connectivity index (χ3n) is 17.9. The molecule has 15 N–H and O–H groups in total. The molecule has 1 saturated heterocycles. The Morgan fingerprint density at radius 2 is 0.963 bits per heavy atom. The number of anilines is 1. The molecule has 6 atom stereocenters. The fourth-order valence-electron chi connectivity index (χ4n) is 12.3. The van der Waals surface area contributed by atoms with E-state index in [0.29, 0.717) is 39.9 Å². The Morgan fingerprint density at radius 3 is 1.50 bits per heavy atom. The molecule has 6 rings (SSSR count). The Hall–Kier alpha value is -10.7. The summed E-state index contributed by atoms with van der Waals surface area (Å²) in [5.74, 6) is -9.85. The average molecular weight is 1520 g/mol. The number of carbonyl (C=O) groups excluding carboxylic acids is 10. The number of carbonyl (C=O) groups is 13. The van der Waals surface area contributed by atoms with Crippen LogP contribution in [-0.2, 0) is 92.9 Å². The Balaban J connectivity index is 1.01. The van der Waals surface area contributed by atoms with Gasteiger partial charge in [0.2, 0.25) is 59.1 Å². The number of benzene rings is 3. The van der Waals surface area contributed by atoms with Gasteiger partial charge >= 0.3 is 17.9 Å². The van der Waals surface area contributed by atoms with E-state index >= 15 is 0 Å². The number of nitrogens with one attached hydrogen (secondary N) is 12. The summed E-state index contributed by atoms with van der Waals surface area (Å²) in [6.07, 6.45) is 6.10. The lowest BCUT2D eigenvalue weighted by atomic mass is 9.95. The van der Waals surface area contributed by atoms with Gasteiger partial charge in [0.25, 0.3) is 0 Å². The summed E-state index contributed by atoms with van der Waals surface area (Å²) in [7, 11) is 0. The molecule has 0 aliphatic carbocycles. The van der Waals surface area contributed by atoms with Crippen molar-refractivity contribution in [3.05, 3.63) is 120 Å². The van der Waals surface area contributed by atoms with Gasteiger partial charge in [-0.1, -0.05) is 102 Å². The molecule has 109 heavy (non-hydrogen) atoms. The molecule has 0 radical (unpaired) electrons. The number of carboxylic acids is 3. The number of rotatable bonds is 41. The average Bonchev–Trinajstić information content (AvgIpc) is 1.70. The molecular weight excluding hydrogens is 1410 g/mol. The Bertz CT molecular complexity index is 3800. The molecule has 2 aromatic heterocycles. The van der Waals surface area contributed by atoms with E-state index in [1.54, 1.807) is 107 Å². The molecule has 5 aromatic rings. The zero-order chi connectivity index (χ0) is 79.7. The van der Waals surface area contributed by atoms with Crippen LogP contribution in [0.3, 0.4) is 0 Å². The smallest absolute Gasteiger partial charge is 0.317 e. The molecule has 1 aliphatic heterocycles. The van der Waals surface area contributed by atoms with E-state index in [1.165, 1.54) is 20.2 Å². The molecule has 0 saturated carbocycles. The topological polar surface area (TPSA) is 470 Å². The SMILES string of the molecule is CC(C)CC(CC(C)C)NC(=O)[C@H](Cc1cnc[nH]1)NC(=O)CNC(=O)[C@@H](NC(=O)[C@H](C)NC(=O)C(Cc1c[nH]c2ccccc12)NC(=O)[C@H](C)NC(=O)[C@@H](Cc1ccccc1)NC(=O)COCC(=O)Nc1ccc(CNC(=O)CN2CCN(CC(=O)O)CCN(CC(=O)O)CCN(CC(=O)O)CC2)cc1)C(C)C. The monoisotopic (exact) mass is 1520 g/mol. The molecule has 3 aromatic carbocycles. The third kappa shape index (κ3) is 32.0. The van der Waals surface area contributed by atoms with Gasteiger partial charge in [0, 0.05) is 119 Å². The molecule has 0 bridgehead atoms. The van der Waals surface area contributed by atoms with Crippen molar-refractivity contribution in [1.29, 1.82) is 0 Å².